The number of hydrogen-bond donors (Lipinski definition) is 1. The van der Waals surface area contributed by atoms with Crippen molar-refractivity contribution in [3.63, 3.8) is 0 Å². The third kappa shape index (κ3) is 3.57. The van der Waals surface area contributed by atoms with Crippen LogP contribution in [0.2, 0.25) is 0 Å². The number of hydrogen-bond acceptors (Lipinski definition) is 3. The molecular weight excluding hydrogens is 230 g/mol. The summed E-state index contributed by atoms with van der Waals surface area (Å²) in [7, 11) is 0. The summed E-state index contributed by atoms with van der Waals surface area (Å²) in [5.74, 6) is -0.310. The van der Waals surface area contributed by atoms with Crippen LogP contribution in [0.3, 0.4) is 0 Å². The lowest BCUT2D eigenvalue weighted by Gasteiger charge is -2.22. The monoisotopic (exact) mass is 251 g/mol. The van der Waals surface area contributed by atoms with Crippen LogP contribution < -0.4 is 0 Å². The van der Waals surface area contributed by atoms with Gasteiger partial charge >= 0.3 is 5.97 Å². The van der Waals surface area contributed by atoms with Crippen molar-refractivity contribution in [1.82, 2.24) is 14.5 Å². The minimum absolute atomic E-state index is 0.0913. The van der Waals surface area contributed by atoms with Crippen LogP contribution in [0.5, 0.6) is 0 Å². The molecule has 1 heterocycles. The van der Waals surface area contributed by atoms with Crippen molar-refractivity contribution in [1.29, 1.82) is 0 Å². The van der Waals surface area contributed by atoms with Crippen LogP contribution in [0, 0.1) is 5.92 Å². The first kappa shape index (κ1) is 13.1. The molecule has 0 aromatic carbocycles. The molecular formula is C13H21N3O2. The van der Waals surface area contributed by atoms with Crippen LogP contribution in [0.1, 0.15) is 38.4 Å². The van der Waals surface area contributed by atoms with Crippen molar-refractivity contribution in [3.8, 4) is 0 Å². The Balaban J connectivity index is 2.01. The highest BCUT2D eigenvalue weighted by atomic mass is 16.4. The molecule has 0 amide bonds. The van der Waals surface area contributed by atoms with Gasteiger partial charge in [-0.25, -0.2) is 4.98 Å². The molecule has 5 nitrogen and oxygen atoms in total. The smallest absolute Gasteiger partial charge is 0.317 e. The van der Waals surface area contributed by atoms with Crippen LogP contribution in [0.4, 0.5) is 0 Å². The van der Waals surface area contributed by atoms with Gasteiger partial charge in [-0.05, 0) is 18.8 Å². The summed E-state index contributed by atoms with van der Waals surface area (Å²) in [5, 5.41) is 8.95. The minimum Gasteiger partial charge on any atom is -0.480 e. The standard InChI is InChI=1S/C13H21N3O2/c1-10(2)6-15(8-13(17)18)7-12-5-14-9-16(12)11-3-4-11/h5,9-11H,3-4,6-8H2,1-2H3,(H,17,18). The first-order valence-electron chi connectivity index (χ1n) is 6.51. The van der Waals surface area contributed by atoms with Gasteiger partial charge in [-0.15, -0.1) is 0 Å². The number of rotatable bonds is 7. The van der Waals surface area contributed by atoms with Gasteiger partial charge in [0.05, 0.1) is 18.6 Å². The van der Waals surface area contributed by atoms with E-state index in [2.05, 4.69) is 23.4 Å². The van der Waals surface area contributed by atoms with Gasteiger partial charge in [0, 0.05) is 25.3 Å². The molecule has 100 valence electrons. The molecule has 0 atom stereocenters. The van der Waals surface area contributed by atoms with E-state index in [1.165, 1.54) is 12.8 Å². The number of aliphatic carboxylic acids is 1. The molecule has 1 aliphatic carbocycles. The van der Waals surface area contributed by atoms with E-state index in [1.807, 2.05) is 17.4 Å². The second kappa shape index (κ2) is 5.52. The van der Waals surface area contributed by atoms with E-state index in [0.717, 1.165) is 12.2 Å². The molecule has 18 heavy (non-hydrogen) atoms. The number of imidazole rings is 1. The quantitative estimate of drug-likeness (QED) is 0.802. The third-order valence-corrected chi connectivity index (χ3v) is 3.05. The van der Waals surface area contributed by atoms with Crippen LogP contribution in [-0.4, -0.2) is 38.6 Å². The Morgan fingerprint density at radius 3 is 2.89 bits per heavy atom. The number of nitrogens with zero attached hydrogens (tertiary/aromatic N) is 3. The molecule has 2 rings (SSSR count). The SMILES string of the molecule is CC(C)CN(CC(=O)O)Cc1cncn1C1CC1. The van der Waals surface area contributed by atoms with E-state index in [4.69, 9.17) is 5.11 Å². The summed E-state index contributed by atoms with van der Waals surface area (Å²) in [4.78, 5) is 17.0. The van der Waals surface area contributed by atoms with Gasteiger partial charge in [-0.1, -0.05) is 13.8 Å². The zero-order valence-electron chi connectivity index (χ0n) is 11.0. The molecule has 0 unspecified atom stereocenters. The molecule has 1 aliphatic rings. The molecule has 1 aromatic heterocycles. The Kier molecular flexibility index (Phi) is 4.01. The molecule has 5 heteroatoms. The topological polar surface area (TPSA) is 58.4 Å². The van der Waals surface area contributed by atoms with E-state index in [1.54, 1.807) is 0 Å². The van der Waals surface area contributed by atoms with Gasteiger partial charge in [0.2, 0.25) is 0 Å². The molecule has 0 bridgehead atoms. The first-order valence-corrected chi connectivity index (χ1v) is 6.51. The third-order valence-electron chi connectivity index (χ3n) is 3.05. The molecule has 0 spiro atoms. The lowest BCUT2D eigenvalue weighted by Crippen LogP contribution is -2.33. The van der Waals surface area contributed by atoms with Crippen molar-refractivity contribution >= 4 is 5.97 Å². The predicted molar refractivity (Wildman–Crippen MR) is 68.2 cm³/mol. The maximum atomic E-state index is 10.9. The summed E-state index contributed by atoms with van der Waals surface area (Å²) in [6.45, 7) is 5.76. The molecule has 0 aliphatic heterocycles. The fourth-order valence-corrected chi connectivity index (χ4v) is 2.26. The zero-order chi connectivity index (χ0) is 13.1. The van der Waals surface area contributed by atoms with E-state index in [-0.39, 0.29) is 6.54 Å². The minimum atomic E-state index is -0.770. The Morgan fingerprint density at radius 1 is 1.61 bits per heavy atom. The summed E-state index contributed by atoms with van der Waals surface area (Å²) in [6.07, 6.45) is 6.15. The van der Waals surface area contributed by atoms with Crippen molar-refractivity contribution < 1.29 is 9.90 Å². The number of carboxylic acids is 1. The van der Waals surface area contributed by atoms with E-state index in [9.17, 15) is 4.79 Å². The lowest BCUT2D eigenvalue weighted by atomic mass is 10.2. The molecule has 0 radical (unpaired) electrons. The van der Waals surface area contributed by atoms with Gasteiger partial charge in [0.25, 0.3) is 0 Å². The van der Waals surface area contributed by atoms with Crippen molar-refractivity contribution in [2.45, 2.75) is 39.3 Å². The Labute approximate surface area is 107 Å². The van der Waals surface area contributed by atoms with Gasteiger partial charge < -0.3 is 9.67 Å². The fourth-order valence-electron chi connectivity index (χ4n) is 2.26. The van der Waals surface area contributed by atoms with Crippen molar-refractivity contribution in [2.24, 2.45) is 5.92 Å². The maximum absolute atomic E-state index is 10.9. The largest absolute Gasteiger partial charge is 0.480 e. The summed E-state index contributed by atoms with van der Waals surface area (Å²) in [5.41, 5.74) is 1.12. The fraction of sp³-hybridized carbons (Fsp3) is 0.692. The van der Waals surface area contributed by atoms with E-state index in [0.29, 0.717) is 18.5 Å². The van der Waals surface area contributed by atoms with Gasteiger partial charge in [-0.2, -0.15) is 0 Å². The Morgan fingerprint density at radius 2 is 2.33 bits per heavy atom. The van der Waals surface area contributed by atoms with Crippen LogP contribution in [0.15, 0.2) is 12.5 Å². The van der Waals surface area contributed by atoms with Crippen LogP contribution in [0.25, 0.3) is 0 Å². The lowest BCUT2D eigenvalue weighted by molar-refractivity contribution is -0.138. The summed E-state index contributed by atoms with van der Waals surface area (Å²) < 4.78 is 2.19. The predicted octanol–water partition coefficient (Wildman–Crippen LogP) is 1.76. The van der Waals surface area contributed by atoms with Gasteiger partial charge in [0.15, 0.2) is 0 Å². The highest BCUT2D eigenvalue weighted by Crippen LogP contribution is 2.35. The van der Waals surface area contributed by atoms with Gasteiger partial charge in [-0.3, -0.25) is 9.69 Å². The summed E-state index contributed by atoms with van der Waals surface area (Å²) >= 11 is 0. The normalized spacial score (nSPS) is 15.6. The van der Waals surface area contributed by atoms with Gasteiger partial charge in [0.1, 0.15) is 0 Å². The molecule has 1 fully saturated rings. The van der Waals surface area contributed by atoms with Crippen LogP contribution >= 0.6 is 0 Å². The molecule has 1 aromatic rings. The second-order valence-electron chi connectivity index (χ2n) is 5.48. The van der Waals surface area contributed by atoms with E-state index >= 15 is 0 Å². The summed E-state index contributed by atoms with van der Waals surface area (Å²) in [6, 6.07) is 0.591. The Hall–Kier alpha value is -1.36. The maximum Gasteiger partial charge on any atom is 0.317 e. The highest BCUT2D eigenvalue weighted by molar-refractivity contribution is 5.69. The average Bonchev–Trinajstić information content (AvgIpc) is 2.98. The second-order valence-corrected chi connectivity index (χ2v) is 5.48. The van der Waals surface area contributed by atoms with Crippen molar-refractivity contribution in [2.75, 3.05) is 13.1 Å². The zero-order valence-corrected chi connectivity index (χ0v) is 11.0. The molecule has 0 saturated heterocycles. The highest BCUT2D eigenvalue weighted by Gasteiger charge is 2.26. The molecule has 1 saturated carbocycles. The van der Waals surface area contributed by atoms with Crippen LogP contribution in [-0.2, 0) is 11.3 Å². The van der Waals surface area contributed by atoms with E-state index < -0.39 is 5.97 Å². The molecule has 1 N–H and O–H groups in total. The van der Waals surface area contributed by atoms with Crippen molar-refractivity contribution in [3.05, 3.63) is 18.2 Å². The average molecular weight is 251 g/mol. The number of carbonyl (C=O) groups is 1. The Bertz CT molecular complexity index is 410. The number of aromatic nitrogens is 2. The number of carboxylic acid groups (broad SMARTS) is 1. The first-order chi connectivity index (χ1) is 8.56.